The van der Waals surface area contributed by atoms with Crippen LogP contribution in [0.1, 0.15) is 76.8 Å². The topological polar surface area (TPSA) is 77.1 Å². The van der Waals surface area contributed by atoms with Gasteiger partial charge in [-0.1, -0.05) is 44.4 Å². The molecule has 0 bridgehead atoms. The standard InChI is InChI=1S/C31H44N2O5/c1-5-27(31(35)32-25-13-9-8-10-14-25)33(22-24-12-11-15-26(20-24)36-4)30(34)19-17-23-16-18-28(37-6-2)29(21-23)38-7-3/h11-12,15-16,18,20-21,25,27H,5-10,13-14,17,19,22H2,1-4H3,(H,32,35). The molecule has 7 heteroatoms. The number of benzene rings is 2. The van der Waals surface area contributed by atoms with Crippen molar-refractivity contribution in [3.63, 3.8) is 0 Å². The number of hydrogen-bond acceptors (Lipinski definition) is 5. The second-order valence-corrected chi connectivity index (χ2v) is 9.79. The third-order valence-corrected chi connectivity index (χ3v) is 7.06. The molecular weight excluding hydrogens is 480 g/mol. The molecule has 208 valence electrons. The van der Waals surface area contributed by atoms with Crippen LogP contribution in [0.25, 0.3) is 0 Å². The molecule has 0 spiro atoms. The number of amides is 2. The van der Waals surface area contributed by atoms with Crippen LogP contribution in [-0.4, -0.2) is 49.1 Å². The summed E-state index contributed by atoms with van der Waals surface area (Å²) in [4.78, 5) is 28.9. The fourth-order valence-electron chi connectivity index (χ4n) is 5.08. The summed E-state index contributed by atoms with van der Waals surface area (Å²) in [5.41, 5.74) is 1.92. The van der Waals surface area contributed by atoms with E-state index < -0.39 is 6.04 Å². The van der Waals surface area contributed by atoms with Gasteiger partial charge in [-0.15, -0.1) is 0 Å². The molecule has 1 atom stereocenters. The molecule has 0 heterocycles. The highest BCUT2D eigenvalue weighted by molar-refractivity contribution is 5.88. The molecule has 0 aliphatic heterocycles. The van der Waals surface area contributed by atoms with Crippen LogP contribution in [0.5, 0.6) is 17.2 Å². The van der Waals surface area contributed by atoms with Crippen molar-refractivity contribution in [3.05, 3.63) is 53.6 Å². The van der Waals surface area contributed by atoms with Crippen molar-refractivity contribution in [2.75, 3.05) is 20.3 Å². The summed E-state index contributed by atoms with van der Waals surface area (Å²) in [5, 5.41) is 3.24. The first kappa shape index (κ1) is 29.3. The third-order valence-electron chi connectivity index (χ3n) is 7.06. The van der Waals surface area contributed by atoms with Crippen molar-refractivity contribution in [2.45, 2.75) is 90.8 Å². The van der Waals surface area contributed by atoms with E-state index in [-0.39, 0.29) is 24.3 Å². The van der Waals surface area contributed by atoms with Crippen molar-refractivity contribution in [1.29, 1.82) is 0 Å². The Labute approximate surface area is 227 Å². The van der Waals surface area contributed by atoms with E-state index >= 15 is 0 Å². The zero-order valence-corrected chi connectivity index (χ0v) is 23.5. The molecule has 1 N–H and O–H groups in total. The lowest BCUT2D eigenvalue weighted by Gasteiger charge is -2.33. The molecule has 7 nitrogen and oxygen atoms in total. The Morgan fingerprint density at radius 1 is 0.947 bits per heavy atom. The zero-order chi connectivity index (χ0) is 27.3. The highest BCUT2D eigenvalue weighted by Gasteiger charge is 2.30. The average molecular weight is 525 g/mol. The zero-order valence-electron chi connectivity index (χ0n) is 23.5. The van der Waals surface area contributed by atoms with E-state index in [1.807, 2.05) is 63.2 Å². The molecule has 0 aromatic heterocycles. The van der Waals surface area contributed by atoms with Crippen LogP contribution in [0, 0.1) is 0 Å². The molecule has 0 saturated heterocycles. The Morgan fingerprint density at radius 3 is 2.37 bits per heavy atom. The molecule has 0 radical (unpaired) electrons. The Balaban J connectivity index is 1.78. The van der Waals surface area contributed by atoms with E-state index in [0.717, 1.165) is 42.6 Å². The van der Waals surface area contributed by atoms with E-state index in [2.05, 4.69) is 5.32 Å². The lowest BCUT2D eigenvalue weighted by Crippen LogP contribution is -2.51. The van der Waals surface area contributed by atoms with Gasteiger partial charge < -0.3 is 24.4 Å². The summed E-state index contributed by atoms with van der Waals surface area (Å²) >= 11 is 0. The predicted molar refractivity (Wildman–Crippen MR) is 150 cm³/mol. The minimum atomic E-state index is -0.532. The number of carbonyl (C=O) groups is 2. The van der Waals surface area contributed by atoms with Crippen molar-refractivity contribution in [3.8, 4) is 17.2 Å². The molecule has 1 unspecified atom stereocenters. The Bertz CT molecular complexity index is 1030. The van der Waals surface area contributed by atoms with E-state index in [1.54, 1.807) is 12.0 Å². The van der Waals surface area contributed by atoms with Crippen molar-refractivity contribution >= 4 is 11.8 Å². The first-order valence-corrected chi connectivity index (χ1v) is 14.1. The Morgan fingerprint density at radius 2 is 1.68 bits per heavy atom. The summed E-state index contributed by atoms with van der Waals surface area (Å²) in [7, 11) is 1.63. The average Bonchev–Trinajstić information content (AvgIpc) is 2.93. The molecule has 1 aliphatic carbocycles. The lowest BCUT2D eigenvalue weighted by atomic mass is 9.95. The van der Waals surface area contributed by atoms with Gasteiger partial charge in [0.05, 0.1) is 20.3 Å². The maximum Gasteiger partial charge on any atom is 0.243 e. The summed E-state index contributed by atoms with van der Waals surface area (Å²) in [6.07, 6.45) is 6.89. The highest BCUT2D eigenvalue weighted by Crippen LogP contribution is 2.29. The normalized spacial score (nSPS) is 14.4. The van der Waals surface area contributed by atoms with E-state index in [1.165, 1.54) is 6.42 Å². The van der Waals surface area contributed by atoms with Gasteiger partial charge in [-0.3, -0.25) is 9.59 Å². The SMILES string of the molecule is CCOc1ccc(CCC(=O)N(Cc2cccc(OC)c2)C(CC)C(=O)NC2CCCCC2)cc1OCC. The molecule has 2 aromatic carbocycles. The maximum atomic E-state index is 13.7. The molecule has 1 saturated carbocycles. The van der Waals surface area contributed by atoms with E-state index in [4.69, 9.17) is 14.2 Å². The molecule has 1 aliphatic rings. The van der Waals surface area contributed by atoms with Crippen molar-refractivity contribution in [2.24, 2.45) is 0 Å². The van der Waals surface area contributed by atoms with Crippen LogP contribution >= 0.6 is 0 Å². The number of nitrogens with zero attached hydrogens (tertiary/aromatic N) is 1. The monoisotopic (exact) mass is 524 g/mol. The number of rotatable bonds is 14. The van der Waals surface area contributed by atoms with Gasteiger partial charge in [0, 0.05) is 19.0 Å². The molecule has 1 fully saturated rings. The number of methoxy groups -OCH3 is 1. The second-order valence-electron chi connectivity index (χ2n) is 9.79. The molecular formula is C31H44N2O5. The first-order chi connectivity index (χ1) is 18.5. The van der Waals surface area contributed by atoms with Gasteiger partial charge in [0.25, 0.3) is 0 Å². The van der Waals surface area contributed by atoms with Gasteiger partial charge in [-0.05, 0) is 74.9 Å². The second kappa shape index (κ2) is 15.3. The molecule has 2 amide bonds. The molecule has 2 aromatic rings. The highest BCUT2D eigenvalue weighted by atomic mass is 16.5. The minimum absolute atomic E-state index is 0.0506. The predicted octanol–water partition coefficient (Wildman–Crippen LogP) is 5.68. The van der Waals surface area contributed by atoms with Crippen LogP contribution in [-0.2, 0) is 22.6 Å². The van der Waals surface area contributed by atoms with Crippen molar-refractivity contribution in [1.82, 2.24) is 10.2 Å². The third kappa shape index (κ3) is 8.40. The van der Waals surface area contributed by atoms with Gasteiger partial charge in [0.15, 0.2) is 11.5 Å². The number of ether oxygens (including phenoxy) is 3. The summed E-state index contributed by atoms with van der Waals surface area (Å²) in [5.74, 6) is 2.01. The number of aryl methyl sites for hydroxylation is 1. The van der Waals surface area contributed by atoms with Crippen LogP contribution < -0.4 is 19.5 Å². The van der Waals surface area contributed by atoms with Crippen LogP contribution in [0.2, 0.25) is 0 Å². The maximum absolute atomic E-state index is 13.7. The fourth-order valence-corrected chi connectivity index (χ4v) is 5.08. The van der Waals surface area contributed by atoms with Crippen LogP contribution in [0.3, 0.4) is 0 Å². The summed E-state index contributed by atoms with van der Waals surface area (Å²) in [6.45, 7) is 7.28. The summed E-state index contributed by atoms with van der Waals surface area (Å²) in [6, 6.07) is 13.2. The van der Waals surface area contributed by atoms with E-state index in [9.17, 15) is 9.59 Å². The number of carbonyl (C=O) groups excluding carboxylic acids is 2. The van der Waals surface area contributed by atoms with Gasteiger partial charge in [-0.2, -0.15) is 0 Å². The molecule has 38 heavy (non-hydrogen) atoms. The first-order valence-electron chi connectivity index (χ1n) is 14.1. The van der Waals surface area contributed by atoms with Gasteiger partial charge in [-0.25, -0.2) is 0 Å². The lowest BCUT2D eigenvalue weighted by molar-refractivity contribution is -0.141. The number of nitrogens with one attached hydrogen (secondary N) is 1. The smallest absolute Gasteiger partial charge is 0.243 e. The van der Waals surface area contributed by atoms with Crippen LogP contribution in [0.4, 0.5) is 0 Å². The van der Waals surface area contributed by atoms with Gasteiger partial charge in [0.1, 0.15) is 11.8 Å². The Hall–Kier alpha value is -3.22. The summed E-state index contributed by atoms with van der Waals surface area (Å²) < 4.78 is 16.8. The number of hydrogen-bond donors (Lipinski definition) is 1. The quantitative estimate of drug-likeness (QED) is 0.344. The minimum Gasteiger partial charge on any atom is -0.497 e. The van der Waals surface area contributed by atoms with Gasteiger partial charge >= 0.3 is 0 Å². The molecule has 3 rings (SSSR count). The van der Waals surface area contributed by atoms with E-state index in [0.29, 0.717) is 44.1 Å². The van der Waals surface area contributed by atoms with Gasteiger partial charge in [0.2, 0.25) is 11.8 Å². The largest absolute Gasteiger partial charge is 0.497 e. The van der Waals surface area contributed by atoms with Crippen LogP contribution in [0.15, 0.2) is 42.5 Å². The van der Waals surface area contributed by atoms with Crippen molar-refractivity contribution < 1.29 is 23.8 Å². The fraction of sp³-hybridized carbons (Fsp3) is 0.548. The Kier molecular flexibility index (Phi) is 11.8.